The van der Waals surface area contributed by atoms with Gasteiger partial charge in [0.25, 0.3) is 0 Å². The Kier molecular flexibility index (Phi) is 6.60. The average molecular weight is 422 g/mol. The summed E-state index contributed by atoms with van der Waals surface area (Å²) < 4.78 is 43.9. The van der Waals surface area contributed by atoms with Crippen LogP contribution in [0.4, 0.5) is 19.1 Å². The third-order valence-corrected chi connectivity index (χ3v) is 5.14. The molecule has 1 amide bonds. The van der Waals surface area contributed by atoms with Gasteiger partial charge in [-0.2, -0.15) is 13.2 Å². The Morgan fingerprint density at radius 2 is 1.93 bits per heavy atom. The van der Waals surface area contributed by atoms with E-state index in [4.69, 9.17) is 9.72 Å². The number of anilines is 1. The second kappa shape index (κ2) is 8.99. The van der Waals surface area contributed by atoms with Gasteiger partial charge >= 0.3 is 6.18 Å². The maximum Gasteiger partial charge on any atom is 0.416 e. The van der Waals surface area contributed by atoms with Crippen molar-refractivity contribution in [2.24, 2.45) is 0 Å². The van der Waals surface area contributed by atoms with Crippen molar-refractivity contribution >= 4 is 11.9 Å². The van der Waals surface area contributed by atoms with E-state index in [0.29, 0.717) is 35.7 Å². The molecule has 3 rings (SSSR count). The summed E-state index contributed by atoms with van der Waals surface area (Å²) in [5.41, 5.74) is 1.12. The zero-order chi connectivity index (χ0) is 21.9. The quantitative estimate of drug-likeness (QED) is 0.731. The van der Waals surface area contributed by atoms with Crippen LogP contribution in [0, 0.1) is 0 Å². The largest absolute Gasteiger partial charge is 0.416 e. The number of carbonyl (C=O) groups is 1. The first-order valence-corrected chi connectivity index (χ1v) is 9.72. The number of alkyl halides is 3. The lowest BCUT2D eigenvalue weighted by Gasteiger charge is -2.36. The number of rotatable bonds is 5. The van der Waals surface area contributed by atoms with Crippen LogP contribution in [0.15, 0.2) is 30.5 Å². The number of amides is 1. The topological polar surface area (TPSA) is 58.6 Å². The highest BCUT2D eigenvalue weighted by atomic mass is 19.4. The van der Waals surface area contributed by atoms with Gasteiger partial charge in [-0.3, -0.25) is 4.79 Å². The molecule has 1 aromatic carbocycles. The van der Waals surface area contributed by atoms with E-state index in [0.717, 1.165) is 25.0 Å². The van der Waals surface area contributed by atoms with Crippen LogP contribution in [-0.4, -0.2) is 55.1 Å². The van der Waals surface area contributed by atoms with Gasteiger partial charge < -0.3 is 14.5 Å². The van der Waals surface area contributed by atoms with E-state index in [1.165, 1.54) is 19.2 Å². The van der Waals surface area contributed by atoms with Gasteiger partial charge in [0, 0.05) is 39.5 Å². The molecule has 2 aromatic rings. The predicted molar refractivity (Wildman–Crippen MR) is 107 cm³/mol. The SMILES string of the molecule is COCC(=O)N1CCCC[C@H]1c1nc(N(C)C)ncc1-c1ccc(C(F)(F)F)cc1. The summed E-state index contributed by atoms with van der Waals surface area (Å²) in [7, 11) is 5.09. The number of methoxy groups -OCH3 is 1. The van der Waals surface area contributed by atoms with Crippen molar-refractivity contribution in [2.75, 3.05) is 39.3 Å². The molecule has 0 radical (unpaired) electrons. The number of aromatic nitrogens is 2. The minimum Gasteiger partial charge on any atom is -0.375 e. The van der Waals surface area contributed by atoms with Crippen molar-refractivity contribution in [3.8, 4) is 11.1 Å². The smallest absolute Gasteiger partial charge is 0.375 e. The Morgan fingerprint density at radius 3 is 2.53 bits per heavy atom. The fourth-order valence-corrected chi connectivity index (χ4v) is 3.64. The molecule has 0 unspecified atom stereocenters. The lowest BCUT2D eigenvalue weighted by atomic mass is 9.93. The Labute approximate surface area is 173 Å². The molecule has 1 aliphatic heterocycles. The normalized spacial score (nSPS) is 17.1. The van der Waals surface area contributed by atoms with Gasteiger partial charge in [0.05, 0.1) is 17.3 Å². The van der Waals surface area contributed by atoms with Gasteiger partial charge in [-0.15, -0.1) is 0 Å². The fourth-order valence-electron chi connectivity index (χ4n) is 3.64. The molecule has 0 bridgehead atoms. The first-order chi connectivity index (χ1) is 14.2. The molecule has 0 N–H and O–H groups in total. The average Bonchev–Trinajstić information content (AvgIpc) is 2.73. The van der Waals surface area contributed by atoms with Crippen molar-refractivity contribution in [2.45, 2.75) is 31.5 Å². The molecule has 9 heteroatoms. The summed E-state index contributed by atoms with van der Waals surface area (Å²) in [6.45, 7) is 0.554. The summed E-state index contributed by atoms with van der Waals surface area (Å²) >= 11 is 0. The van der Waals surface area contributed by atoms with Gasteiger partial charge in [-0.1, -0.05) is 12.1 Å². The van der Waals surface area contributed by atoms with Crippen LogP contribution in [0.1, 0.15) is 36.6 Å². The predicted octanol–water partition coefficient (Wildman–Crippen LogP) is 3.93. The molecule has 162 valence electrons. The summed E-state index contributed by atoms with van der Waals surface area (Å²) in [6, 6.07) is 4.65. The Hall–Kier alpha value is -2.68. The number of halogens is 3. The number of ether oxygens (including phenoxy) is 1. The maximum atomic E-state index is 13.0. The highest BCUT2D eigenvalue weighted by molar-refractivity contribution is 5.78. The lowest BCUT2D eigenvalue weighted by molar-refractivity contribution is -0.139. The molecular formula is C21H25F3N4O2. The monoisotopic (exact) mass is 422 g/mol. The van der Waals surface area contributed by atoms with Crippen LogP contribution in [-0.2, 0) is 15.7 Å². The third-order valence-electron chi connectivity index (χ3n) is 5.14. The Morgan fingerprint density at radius 1 is 1.23 bits per heavy atom. The van der Waals surface area contributed by atoms with Gasteiger partial charge in [0.2, 0.25) is 11.9 Å². The summed E-state index contributed by atoms with van der Waals surface area (Å²) in [5.74, 6) is 0.343. The summed E-state index contributed by atoms with van der Waals surface area (Å²) in [4.78, 5) is 25.2. The number of nitrogens with zero attached hydrogens (tertiary/aromatic N) is 4. The molecule has 1 aliphatic rings. The summed E-state index contributed by atoms with van der Waals surface area (Å²) in [5, 5.41) is 0. The van der Waals surface area contributed by atoms with Crippen molar-refractivity contribution in [3.05, 3.63) is 41.7 Å². The Bertz CT molecular complexity index is 885. The van der Waals surface area contributed by atoms with Crippen LogP contribution in [0.3, 0.4) is 0 Å². The zero-order valence-electron chi connectivity index (χ0n) is 17.2. The number of carbonyl (C=O) groups excluding carboxylic acids is 1. The number of benzene rings is 1. The van der Waals surface area contributed by atoms with Crippen LogP contribution >= 0.6 is 0 Å². The van der Waals surface area contributed by atoms with E-state index in [2.05, 4.69) is 4.98 Å². The number of hydrogen-bond donors (Lipinski definition) is 0. The van der Waals surface area contributed by atoms with Crippen LogP contribution < -0.4 is 4.90 Å². The van der Waals surface area contributed by atoms with Crippen LogP contribution in [0.2, 0.25) is 0 Å². The molecule has 1 fully saturated rings. The van der Waals surface area contributed by atoms with E-state index >= 15 is 0 Å². The van der Waals surface area contributed by atoms with E-state index in [9.17, 15) is 18.0 Å². The molecule has 6 nitrogen and oxygen atoms in total. The van der Waals surface area contributed by atoms with Gasteiger partial charge in [-0.25, -0.2) is 9.97 Å². The number of likely N-dealkylation sites (tertiary alicyclic amines) is 1. The minimum atomic E-state index is -4.40. The first kappa shape index (κ1) is 22.0. The van der Waals surface area contributed by atoms with Crippen molar-refractivity contribution in [1.29, 1.82) is 0 Å². The van der Waals surface area contributed by atoms with E-state index in [-0.39, 0.29) is 18.6 Å². The van der Waals surface area contributed by atoms with E-state index in [1.807, 2.05) is 14.1 Å². The lowest BCUT2D eigenvalue weighted by Crippen LogP contribution is -2.41. The molecule has 0 spiro atoms. The Balaban J connectivity index is 2.07. The van der Waals surface area contributed by atoms with E-state index in [1.54, 1.807) is 16.0 Å². The fraction of sp³-hybridized carbons (Fsp3) is 0.476. The molecule has 0 aliphatic carbocycles. The second-order valence-corrected chi connectivity index (χ2v) is 7.47. The van der Waals surface area contributed by atoms with Gasteiger partial charge in [0.15, 0.2) is 0 Å². The van der Waals surface area contributed by atoms with Gasteiger partial charge in [0.1, 0.15) is 6.61 Å². The molecule has 2 heterocycles. The molecule has 30 heavy (non-hydrogen) atoms. The maximum absolute atomic E-state index is 13.0. The zero-order valence-corrected chi connectivity index (χ0v) is 17.2. The highest BCUT2D eigenvalue weighted by Gasteiger charge is 2.33. The van der Waals surface area contributed by atoms with Crippen molar-refractivity contribution in [1.82, 2.24) is 14.9 Å². The highest BCUT2D eigenvalue weighted by Crippen LogP contribution is 2.37. The molecular weight excluding hydrogens is 397 g/mol. The minimum absolute atomic E-state index is 0.0300. The first-order valence-electron chi connectivity index (χ1n) is 9.72. The molecule has 0 saturated carbocycles. The molecule has 1 aromatic heterocycles. The third kappa shape index (κ3) is 4.72. The number of hydrogen-bond acceptors (Lipinski definition) is 5. The molecule has 1 atom stereocenters. The summed E-state index contributed by atoms with van der Waals surface area (Å²) in [6.07, 6.45) is -0.261. The standard InChI is InChI=1S/C21H25F3N4O2/c1-27(2)20-25-12-16(14-7-9-15(10-8-14)21(22,23)24)19(26-20)17-6-4-5-11-28(17)18(29)13-30-3/h7-10,12,17H,4-6,11,13H2,1-3H3/t17-/m0/s1. The van der Waals surface area contributed by atoms with Crippen molar-refractivity contribution < 1.29 is 22.7 Å². The second-order valence-electron chi connectivity index (χ2n) is 7.47. The van der Waals surface area contributed by atoms with Crippen LogP contribution in [0.25, 0.3) is 11.1 Å². The molecule has 1 saturated heterocycles. The van der Waals surface area contributed by atoms with Gasteiger partial charge in [-0.05, 0) is 37.0 Å². The van der Waals surface area contributed by atoms with E-state index < -0.39 is 11.7 Å². The van der Waals surface area contributed by atoms with Crippen LogP contribution in [0.5, 0.6) is 0 Å². The number of piperidine rings is 1. The van der Waals surface area contributed by atoms with Crippen molar-refractivity contribution in [3.63, 3.8) is 0 Å².